The van der Waals surface area contributed by atoms with Gasteiger partial charge >= 0.3 is 0 Å². The molecule has 1 aromatic heterocycles. The van der Waals surface area contributed by atoms with E-state index in [0.717, 1.165) is 67.4 Å². The Bertz CT molecular complexity index is 1300. The number of unbranched alkanes of at least 4 members (excludes halogenated alkanes) is 2. The van der Waals surface area contributed by atoms with Crippen LogP contribution in [-0.4, -0.2) is 36.6 Å². The molecule has 37 heavy (non-hydrogen) atoms. The number of hydrogen-bond donors (Lipinski definition) is 4. The summed E-state index contributed by atoms with van der Waals surface area (Å²) in [6.07, 6.45) is 6.84. The minimum absolute atomic E-state index is 0.0711. The Hall–Kier alpha value is -2.91. The first-order chi connectivity index (χ1) is 17.8. The Morgan fingerprint density at radius 2 is 1.86 bits per heavy atom. The number of amides is 1. The Labute approximate surface area is 219 Å². The zero-order valence-electron chi connectivity index (χ0n) is 21.6. The van der Waals surface area contributed by atoms with E-state index in [4.69, 9.17) is 10.7 Å². The van der Waals surface area contributed by atoms with Crippen LogP contribution < -0.4 is 15.8 Å². The molecule has 2 aromatic carbocycles. The fraction of sp³-hybridized carbons (Fsp3) is 0.500. The summed E-state index contributed by atoms with van der Waals surface area (Å²) in [5.41, 5.74) is 10.0. The molecule has 200 valence electrons. The Morgan fingerprint density at radius 1 is 1.08 bits per heavy atom. The molecule has 0 atom stereocenters. The lowest BCUT2D eigenvalue weighted by Gasteiger charge is -2.27. The Kier molecular flexibility index (Phi) is 9.21. The van der Waals surface area contributed by atoms with Crippen molar-refractivity contribution in [2.24, 2.45) is 17.6 Å². The third-order valence-corrected chi connectivity index (χ3v) is 8.71. The fourth-order valence-corrected chi connectivity index (χ4v) is 6.28. The van der Waals surface area contributed by atoms with Crippen molar-refractivity contribution in [3.8, 4) is 0 Å². The number of nitrogens with two attached hydrogens (primary N) is 1. The Balaban J connectivity index is 1.26. The molecule has 1 saturated carbocycles. The number of carbonyl (C=O) groups excluding carboxylic acids is 1. The molecule has 0 spiro atoms. The number of benzene rings is 2. The molecular formula is C28H39N5O3S. The van der Waals surface area contributed by atoms with Crippen molar-refractivity contribution in [2.45, 2.75) is 64.8 Å². The van der Waals surface area contributed by atoms with E-state index < -0.39 is 10.0 Å². The third-order valence-electron chi connectivity index (χ3n) is 7.34. The van der Waals surface area contributed by atoms with Crippen LogP contribution in [0.1, 0.15) is 61.9 Å². The lowest BCUT2D eigenvalue weighted by atomic mass is 9.80. The topological polar surface area (TPSA) is 130 Å². The van der Waals surface area contributed by atoms with Crippen LogP contribution in [-0.2, 0) is 27.8 Å². The minimum Gasteiger partial charge on any atom is -0.352 e. The number of sulfonamides is 1. The molecule has 9 heteroatoms. The molecule has 1 aliphatic carbocycles. The first-order valence-corrected chi connectivity index (χ1v) is 15.0. The second-order valence-electron chi connectivity index (χ2n) is 10.3. The third kappa shape index (κ3) is 7.79. The van der Waals surface area contributed by atoms with Gasteiger partial charge in [0.25, 0.3) is 0 Å². The monoisotopic (exact) mass is 525 g/mol. The van der Waals surface area contributed by atoms with Crippen LogP contribution in [0.15, 0.2) is 42.5 Å². The maximum absolute atomic E-state index is 12.7. The molecule has 8 nitrogen and oxygen atoms in total. The second-order valence-corrected chi connectivity index (χ2v) is 12.1. The number of hydrogen-bond acceptors (Lipinski definition) is 5. The molecule has 1 amide bonds. The van der Waals surface area contributed by atoms with Gasteiger partial charge in [0.05, 0.1) is 22.5 Å². The average molecular weight is 526 g/mol. The summed E-state index contributed by atoms with van der Waals surface area (Å²) in [6.45, 7) is 3.23. The van der Waals surface area contributed by atoms with Crippen LogP contribution in [0.2, 0.25) is 0 Å². The number of aryl methyl sites for hydroxylation is 1. The van der Waals surface area contributed by atoms with Crippen LogP contribution in [0.25, 0.3) is 11.0 Å². The quantitative estimate of drug-likeness (QED) is 0.260. The van der Waals surface area contributed by atoms with E-state index in [0.29, 0.717) is 31.1 Å². The lowest BCUT2D eigenvalue weighted by Crippen LogP contribution is -2.33. The maximum Gasteiger partial charge on any atom is 0.232 e. The van der Waals surface area contributed by atoms with Gasteiger partial charge < -0.3 is 16.0 Å². The number of aromatic amines is 1. The highest BCUT2D eigenvalue weighted by molar-refractivity contribution is 7.92. The van der Waals surface area contributed by atoms with Crippen molar-refractivity contribution >= 4 is 32.7 Å². The fourth-order valence-electron chi connectivity index (χ4n) is 5.10. The number of H-pyrrole nitrogens is 1. The van der Waals surface area contributed by atoms with Gasteiger partial charge in [-0.05, 0) is 87.2 Å². The first-order valence-electron chi connectivity index (χ1n) is 13.3. The first kappa shape index (κ1) is 27.1. The SMILES string of the molecule is Cc1ccccc1CNC(=O)C1CCC(Cc2nc3ccc(NS(=O)(=O)CCCCCN)cc3[nH]2)CC1. The number of carbonyl (C=O) groups is 1. The second kappa shape index (κ2) is 12.6. The van der Waals surface area contributed by atoms with Crippen molar-refractivity contribution in [1.29, 1.82) is 0 Å². The number of rotatable bonds is 12. The van der Waals surface area contributed by atoms with Crippen LogP contribution >= 0.6 is 0 Å². The summed E-state index contributed by atoms with van der Waals surface area (Å²) in [4.78, 5) is 20.8. The van der Waals surface area contributed by atoms with E-state index in [1.165, 1.54) is 5.56 Å². The van der Waals surface area contributed by atoms with E-state index in [9.17, 15) is 13.2 Å². The molecule has 0 radical (unpaired) electrons. The van der Waals surface area contributed by atoms with Crippen molar-refractivity contribution in [3.63, 3.8) is 0 Å². The van der Waals surface area contributed by atoms with E-state index in [1.807, 2.05) is 18.2 Å². The Morgan fingerprint density at radius 3 is 2.62 bits per heavy atom. The molecule has 1 fully saturated rings. The molecule has 0 unspecified atom stereocenters. The number of fused-ring (bicyclic) bond motifs is 1. The van der Waals surface area contributed by atoms with Crippen LogP contribution in [0, 0.1) is 18.8 Å². The normalized spacial score (nSPS) is 18.1. The molecule has 0 bridgehead atoms. The zero-order valence-corrected chi connectivity index (χ0v) is 22.4. The van der Waals surface area contributed by atoms with E-state index in [1.54, 1.807) is 12.1 Å². The van der Waals surface area contributed by atoms with E-state index in [-0.39, 0.29) is 17.6 Å². The summed E-state index contributed by atoms with van der Waals surface area (Å²) in [7, 11) is -3.39. The highest BCUT2D eigenvalue weighted by Crippen LogP contribution is 2.31. The lowest BCUT2D eigenvalue weighted by molar-refractivity contribution is -0.126. The molecule has 1 heterocycles. The molecule has 1 aliphatic rings. The predicted molar refractivity (Wildman–Crippen MR) is 149 cm³/mol. The molecule has 3 aromatic rings. The summed E-state index contributed by atoms with van der Waals surface area (Å²) >= 11 is 0. The molecule has 5 N–H and O–H groups in total. The van der Waals surface area contributed by atoms with Gasteiger partial charge in [-0.2, -0.15) is 0 Å². The summed E-state index contributed by atoms with van der Waals surface area (Å²) in [6, 6.07) is 13.5. The van der Waals surface area contributed by atoms with Gasteiger partial charge in [-0.15, -0.1) is 0 Å². The largest absolute Gasteiger partial charge is 0.352 e. The molecular weight excluding hydrogens is 486 g/mol. The van der Waals surface area contributed by atoms with Crippen LogP contribution in [0.3, 0.4) is 0 Å². The molecule has 0 saturated heterocycles. The maximum atomic E-state index is 12.7. The van der Waals surface area contributed by atoms with Gasteiger partial charge in [-0.3, -0.25) is 9.52 Å². The van der Waals surface area contributed by atoms with Crippen molar-refractivity contribution in [3.05, 3.63) is 59.4 Å². The standard InChI is InChI=1S/C28H39N5O3S/c1-20-7-3-4-8-23(20)19-30-28(34)22-11-9-21(10-12-22)17-27-31-25-14-13-24(18-26(25)32-27)33-37(35,36)16-6-2-5-15-29/h3-4,7-8,13-14,18,21-22,33H,2,5-6,9-12,15-17,19,29H2,1H3,(H,30,34)(H,31,32). The molecule has 4 rings (SSSR count). The average Bonchev–Trinajstić information content (AvgIpc) is 3.27. The zero-order chi connectivity index (χ0) is 26.3. The van der Waals surface area contributed by atoms with Crippen molar-refractivity contribution < 1.29 is 13.2 Å². The van der Waals surface area contributed by atoms with Crippen LogP contribution in [0.5, 0.6) is 0 Å². The van der Waals surface area contributed by atoms with Crippen molar-refractivity contribution in [2.75, 3.05) is 17.0 Å². The number of nitrogens with zero attached hydrogens (tertiary/aromatic N) is 1. The summed E-state index contributed by atoms with van der Waals surface area (Å²) < 4.78 is 27.4. The smallest absolute Gasteiger partial charge is 0.232 e. The summed E-state index contributed by atoms with van der Waals surface area (Å²) in [5, 5.41) is 3.12. The number of aromatic nitrogens is 2. The highest BCUT2D eigenvalue weighted by atomic mass is 32.2. The van der Waals surface area contributed by atoms with E-state index in [2.05, 4.69) is 34.1 Å². The summed E-state index contributed by atoms with van der Waals surface area (Å²) in [5.74, 6) is 1.70. The number of anilines is 1. The van der Waals surface area contributed by atoms with Gasteiger partial charge in [0.1, 0.15) is 5.82 Å². The van der Waals surface area contributed by atoms with Gasteiger partial charge in [-0.1, -0.05) is 30.7 Å². The van der Waals surface area contributed by atoms with Gasteiger partial charge in [0.2, 0.25) is 15.9 Å². The van der Waals surface area contributed by atoms with Crippen LogP contribution in [0.4, 0.5) is 5.69 Å². The van der Waals surface area contributed by atoms with Gasteiger partial charge in [-0.25, -0.2) is 13.4 Å². The predicted octanol–water partition coefficient (Wildman–Crippen LogP) is 4.41. The van der Waals surface area contributed by atoms with E-state index >= 15 is 0 Å². The van der Waals surface area contributed by atoms with Crippen molar-refractivity contribution in [1.82, 2.24) is 15.3 Å². The number of imidazole rings is 1. The minimum atomic E-state index is -3.39. The van der Waals surface area contributed by atoms with Gasteiger partial charge in [0, 0.05) is 18.9 Å². The number of nitrogens with one attached hydrogen (secondary N) is 3. The molecule has 0 aliphatic heterocycles. The van der Waals surface area contributed by atoms with Gasteiger partial charge in [0.15, 0.2) is 0 Å². The highest BCUT2D eigenvalue weighted by Gasteiger charge is 2.27.